The molecule has 0 aromatic heterocycles. The lowest BCUT2D eigenvalue weighted by molar-refractivity contribution is -0.0112. The molecule has 0 spiro atoms. The number of hydrogen-bond donors (Lipinski definition) is 1. The van der Waals surface area contributed by atoms with Crippen LogP contribution in [0.15, 0.2) is 133 Å². The molecule has 0 bridgehead atoms. The standard InChI is InChI=1S/C33H33NO3/c1-3-24-32(2,34-31(35)36-25-27-16-8-4-9-17-27)26-37-33(28-18-10-5-11-19-28,29-20-12-6-13-21-29)30-22-14-7-15-23-30/h3-24H,25-26H2,1-2H3,(H,34,35)/b24-3+/t32-/m1/s1. The fourth-order valence-corrected chi connectivity index (χ4v) is 4.51. The third kappa shape index (κ3) is 6.35. The van der Waals surface area contributed by atoms with Crippen LogP contribution in [0, 0.1) is 0 Å². The summed E-state index contributed by atoms with van der Waals surface area (Å²) in [7, 11) is 0. The van der Waals surface area contributed by atoms with Crippen molar-refractivity contribution >= 4 is 6.09 Å². The SMILES string of the molecule is C/C=C/[C@](C)(COC(c1ccccc1)(c1ccccc1)c1ccccc1)NC(=O)OCc1ccccc1. The van der Waals surface area contributed by atoms with Gasteiger partial charge < -0.3 is 14.8 Å². The van der Waals surface area contributed by atoms with Gasteiger partial charge in [0.1, 0.15) is 12.2 Å². The zero-order valence-electron chi connectivity index (χ0n) is 21.3. The van der Waals surface area contributed by atoms with Crippen LogP contribution in [0.2, 0.25) is 0 Å². The third-order valence-electron chi connectivity index (χ3n) is 6.26. The first kappa shape index (κ1) is 25.9. The van der Waals surface area contributed by atoms with Gasteiger partial charge in [-0.05, 0) is 36.1 Å². The second-order valence-corrected chi connectivity index (χ2v) is 9.17. The molecular formula is C33H33NO3. The summed E-state index contributed by atoms with van der Waals surface area (Å²) < 4.78 is 12.5. The van der Waals surface area contributed by atoms with Crippen LogP contribution in [0.3, 0.4) is 0 Å². The first-order valence-electron chi connectivity index (χ1n) is 12.5. The highest BCUT2D eigenvalue weighted by molar-refractivity contribution is 5.68. The summed E-state index contributed by atoms with van der Waals surface area (Å²) in [5.74, 6) is 0. The lowest BCUT2D eigenvalue weighted by Gasteiger charge is -2.39. The Hall–Kier alpha value is -4.15. The van der Waals surface area contributed by atoms with Crippen LogP contribution in [0.1, 0.15) is 36.1 Å². The molecule has 4 rings (SSSR count). The Labute approximate surface area is 219 Å². The van der Waals surface area contributed by atoms with E-state index in [4.69, 9.17) is 9.47 Å². The summed E-state index contributed by atoms with van der Waals surface area (Å²) in [6.45, 7) is 4.26. The maximum atomic E-state index is 12.8. The van der Waals surface area contributed by atoms with Crippen molar-refractivity contribution in [1.29, 1.82) is 0 Å². The van der Waals surface area contributed by atoms with E-state index < -0.39 is 17.2 Å². The molecule has 37 heavy (non-hydrogen) atoms. The minimum Gasteiger partial charge on any atom is -0.445 e. The van der Waals surface area contributed by atoms with Gasteiger partial charge >= 0.3 is 6.09 Å². The van der Waals surface area contributed by atoms with Crippen LogP contribution in [0.5, 0.6) is 0 Å². The molecule has 4 nitrogen and oxygen atoms in total. The van der Waals surface area contributed by atoms with E-state index in [2.05, 4.69) is 41.7 Å². The van der Waals surface area contributed by atoms with Gasteiger partial charge in [0.25, 0.3) is 0 Å². The maximum Gasteiger partial charge on any atom is 0.408 e. The van der Waals surface area contributed by atoms with Crippen molar-refractivity contribution in [2.75, 3.05) is 6.61 Å². The van der Waals surface area contributed by atoms with Crippen LogP contribution >= 0.6 is 0 Å². The van der Waals surface area contributed by atoms with Gasteiger partial charge in [0.05, 0.1) is 12.1 Å². The van der Waals surface area contributed by atoms with Crippen molar-refractivity contribution in [3.8, 4) is 0 Å². The second-order valence-electron chi connectivity index (χ2n) is 9.17. The highest BCUT2D eigenvalue weighted by atomic mass is 16.5. The Balaban J connectivity index is 1.66. The van der Waals surface area contributed by atoms with Gasteiger partial charge in [-0.3, -0.25) is 0 Å². The molecule has 4 aromatic rings. The monoisotopic (exact) mass is 491 g/mol. The van der Waals surface area contributed by atoms with E-state index in [-0.39, 0.29) is 13.2 Å². The number of ether oxygens (including phenoxy) is 2. The molecule has 0 radical (unpaired) electrons. The number of benzene rings is 4. The zero-order valence-corrected chi connectivity index (χ0v) is 21.3. The van der Waals surface area contributed by atoms with Crippen molar-refractivity contribution in [1.82, 2.24) is 5.32 Å². The highest BCUT2D eigenvalue weighted by Gasteiger charge is 2.40. The maximum absolute atomic E-state index is 12.8. The van der Waals surface area contributed by atoms with Crippen molar-refractivity contribution in [3.05, 3.63) is 156 Å². The Morgan fingerprint density at radius 1 is 0.730 bits per heavy atom. The number of rotatable bonds is 10. The molecule has 0 aliphatic rings. The number of allylic oxidation sites excluding steroid dienone is 1. The molecule has 4 aromatic carbocycles. The van der Waals surface area contributed by atoms with Gasteiger partial charge in [0.2, 0.25) is 0 Å². The van der Waals surface area contributed by atoms with E-state index in [0.717, 1.165) is 22.3 Å². The summed E-state index contributed by atoms with van der Waals surface area (Å²) in [6, 6.07) is 40.2. The zero-order chi connectivity index (χ0) is 26.0. The molecule has 4 heteroatoms. The quantitative estimate of drug-likeness (QED) is 0.188. The second kappa shape index (κ2) is 12.2. The highest BCUT2D eigenvalue weighted by Crippen LogP contribution is 2.41. The van der Waals surface area contributed by atoms with E-state index in [1.165, 1.54) is 0 Å². The van der Waals surface area contributed by atoms with Gasteiger partial charge in [-0.1, -0.05) is 133 Å². The molecule has 0 saturated heterocycles. The first-order chi connectivity index (χ1) is 18.1. The number of hydrogen-bond acceptors (Lipinski definition) is 3. The molecule has 0 unspecified atom stereocenters. The minimum atomic E-state index is -0.887. The minimum absolute atomic E-state index is 0.196. The molecule has 0 aliphatic carbocycles. The van der Waals surface area contributed by atoms with Crippen LogP contribution in [0.25, 0.3) is 0 Å². The van der Waals surface area contributed by atoms with Gasteiger partial charge in [0, 0.05) is 0 Å². The molecule has 1 N–H and O–H groups in total. The predicted octanol–water partition coefficient (Wildman–Crippen LogP) is 7.26. The lowest BCUT2D eigenvalue weighted by Crippen LogP contribution is -2.50. The molecule has 188 valence electrons. The number of amides is 1. The largest absolute Gasteiger partial charge is 0.445 e. The van der Waals surface area contributed by atoms with Gasteiger partial charge in [-0.2, -0.15) is 0 Å². The average Bonchev–Trinajstić information content (AvgIpc) is 2.95. The van der Waals surface area contributed by atoms with Crippen LogP contribution < -0.4 is 5.32 Å². The molecule has 1 amide bonds. The van der Waals surface area contributed by atoms with Crippen LogP contribution in [-0.4, -0.2) is 18.2 Å². The fourth-order valence-electron chi connectivity index (χ4n) is 4.51. The number of carbonyl (C=O) groups excluding carboxylic acids is 1. The average molecular weight is 492 g/mol. The van der Waals surface area contributed by atoms with Crippen molar-refractivity contribution in [2.24, 2.45) is 0 Å². The summed E-state index contributed by atoms with van der Waals surface area (Å²) in [4.78, 5) is 12.8. The molecular weight excluding hydrogens is 458 g/mol. The Bertz CT molecular complexity index is 1180. The first-order valence-corrected chi connectivity index (χ1v) is 12.5. The molecule has 0 fully saturated rings. The fraction of sp³-hybridized carbons (Fsp3) is 0.182. The van der Waals surface area contributed by atoms with E-state index in [0.29, 0.717) is 0 Å². The molecule has 0 heterocycles. The van der Waals surface area contributed by atoms with Crippen molar-refractivity contribution in [2.45, 2.75) is 31.6 Å². The molecule has 0 aliphatic heterocycles. The summed E-state index contributed by atoms with van der Waals surface area (Å²) in [5.41, 5.74) is 2.23. The van der Waals surface area contributed by atoms with E-state index in [1.54, 1.807) is 0 Å². The molecule has 0 saturated carbocycles. The lowest BCUT2D eigenvalue weighted by atomic mass is 9.80. The van der Waals surface area contributed by atoms with Crippen LogP contribution in [0.4, 0.5) is 4.79 Å². The van der Waals surface area contributed by atoms with E-state index in [1.807, 2.05) is 111 Å². The molecule has 1 atom stereocenters. The van der Waals surface area contributed by atoms with Crippen molar-refractivity contribution < 1.29 is 14.3 Å². The number of nitrogens with one attached hydrogen (secondary N) is 1. The Kier molecular flexibility index (Phi) is 8.55. The van der Waals surface area contributed by atoms with E-state index >= 15 is 0 Å². The summed E-state index contributed by atoms with van der Waals surface area (Å²) >= 11 is 0. The summed E-state index contributed by atoms with van der Waals surface area (Å²) in [5, 5.41) is 3.02. The van der Waals surface area contributed by atoms with Crippen molar-refractivity contribution in [3.63, 3.8) is 0 Å². The Morgan fingerprint density at radius 2 is 1.16 bits per heavy atom. The number of alkyl carbamates (subject to hydrolysis) is 1. The van der Waals surface area contributed by atoms with Gasteiger partial charge in [0.15, 0.2) is 0 Å². The summed E-state index contributed by atoms with van der Waals surface area (Å²) in [6.07, 6.45) is 3.34. The van der Waals surface area contributed by atoms with Gasteiger partial charge in [-0.25, -0.2) is 4.79 Å². The van der Waals surface area contributed by atoms with Gasteiger partial charge in [-0.15, -0.1) is 0 Å². The van der Waals surface area contributed by atoms with E-state index in [9.17, 15) is 4.79 Å². The third-order valence-corrected chi connectivity index (χ3v) is 6.26. The normalized spacial score (nSPS) is 13.1. The smallest absolute Gasteiger partial charge is 0.408 e. The Morgan fingerprint density at radius 3 is 1.59 bits per heavy atom. The topological polar surface area (TPSA) is 47.6 Å². The van der Waals surface area contributed by atoms with Crippen LogP contribution in [-0.2, 0) is 21.7 Å². The predicted molar refractivity (Wildman–Crippen MR) is 148 cm³/mol. The number of carbonyl (C=O) groups is 1.